The van der Waals surface area contributed by atoms with Gasteiger partial charge in [0.05, 0.1) is 7.11 Å². The van der Waals surface area contributed by atoms with Crippen molar-refractivity contribution in [3.63, 3.8) is 0 Å². The smallest absolute Gasteiger partial charge is 0.197 e. The lowest BCUT2D eigenvalue weighted by molar-refractivity contribution is 0.386. The zero-order chi connectivity index (χ0) is 14.7. The van der Waals surface area contributed by atoms with E-state index in [4.69, 9.17) is 14.0 Å². The van der Waals surface area contributed by atoms with Crippen molar-refractivity contribution in [2.45, 2.75) is 6.92 Å². The second-order valence-corrected chi connectivity index (χ2v) is 4.56. The third-order valence-corrected chi connectivity index (χ3v) is 3.14. The normalized spacial score (nSPS) is 10.4. The molecule has 4 nitrogen and oxygen atoms in total. The average Bonchev–Trinajstić information content (AvgIpc) is 2.90. The lowest BCUT2D eigenvalue weighted by Gasteiger charge is -2.07. The summed E-state index contributed by atoms with van der Waals surface area (Å²) in [6, 6.07) is 17.2. The van der Waals surface area contributed by atoms with E-state index in [9.17, 15) is 0 Å². The van der Waals surface area contributed by atoms with Crippen LogP contribution in [0.2, 0.25) is 0 Å². The van der Waals surface area contributed by atoms with Crippen molar-refractivity contribution in [2.75, 3.05) is 7.11 Å². The van der Waals surface area contributed by atoms with Crippen molar-refractivity contribution >= 4 is 0 Å². The van der Waals surface area contributed by atoms with E-state index in [0.29, 0.717) is 23.0 Å². The summed E-state index contributed by atoms with van der Waals surface area (Å²) in [7, 11) is 1.63. The fraction of sp³-hybridized carbons (Fsp3) is 0.118. The molecule has 0 saturated heterocycles. The third kappa shape index (κ3) is 2.74. The molecule has 0 unspecified atom stereocenters. The number of hydrogen-bond donors (Lipinski definition) is 0. The van der Waals surface area contributed by atoms with E-state index in [1.807, 2.05) is 61.5 Å². The average molecular weight is 281 g/mol. The molecule has 0 amide bonds. The Balaban J connectivity index is 1.93. The van der Waals surface area contributed by atoms with Crippen LogP contribution in [-0.2, 0) is 0 Å². The summed E-state index contributed by atoms with van der Waals surface area (Å²) in [6.07, 6.45) is 0. The summed E-state index contributed by atoms with van der Waals surface area (Å²) in [5, 5.41) is 4.09. The van der Waals surface area contributed by atoms with Crippen LogP contribution in [0.25, 0.3) is 11.3 Å². The number of rotatable bonds is 4. The van der Waals surface area contributed by atoms with Gasteiger partial charge in [-0.1, -0.05) is 35.5 Å². The number of nitrogens with zero attached hydrogens (tertiary/aromatic N) is 1. The van der Waals surface area contributed by atoms with Crippen LogP contribution in [0, 0.1) is 6.92 Å². The van der Waals surface area contributed by atoms with Gasteiger partial charge in [0.25, 0.3) is 0 Å². The molecule has 0 aliphatic rings. The lowest BCUT2D eigenvalue weighted by Crippen LogP contribution is -1.88. The summed E-state index contributed by atoms with van der Waals surface area (Å²) >= 11 is 0. The summed E-state index contributed by atoms with van der Waals surface area (Å²) in [4.78, 5) is 0. The Morgan fingerprint density at radius 1 is 0.905 bits per heavy atom. The standard InChI is InChI=1S/C17H15NO3/c1-12-17(20-15-10-8-14(19-2)9-11-15)16(18-21-12)13-6-4-3-5-7-13/h3-11H,1-2H3. The monoisotopic (exact) mass is 281 g/mol. The molecule has 3 aromatic rings. The van der Waals surface area contributed by atoms with Crippen LogP contribution in [0.4, 0.5) is 0 Å². The van der Waals surface area contributed by atoms with Gasteiger partial charge in [-0.3, -0.25) is 0 Å². The Bertz CT molecular complexity index is 718. The van der Waals surface area contributed by atoms with Crippen molar-refractivity contribution in [2.24, 2.45) is 0 Å². The van der Waals surface area contributed by atoms with Crippen LogP contribution in [-0.4, -0.2) is 12.3 Å². The number of methoxy groups -OCH3 is 1. The second-order valence-electron chi connectivity index (χ2n) is 4.56. The highest BCUT2D eigenvalue weighted by Crippen LogP contribution is 2.35. The predicted molar refractivity (Wildman–Crippen MR) is 79.7 cm³/mol. The Kier molecular flexibility index (Phi) is 3.60. The Morgan fingerprint density at radius 3 is 2.24 bits per heavy atom. The first kappa shape index (κ1) is 13.2. The molecule has 3 rings (SSSR count). The molecular weight excluding hydrogens is 266 g/mol. The van der Waals surface area contributed by atoms with Gasteiger partial charge >= 0.3 is 0 Å². The number of ether oxygens (including phenoxy) is 2. The zero-order valence-corrected chi connectivity index (χ0v) is 11.9. The van der Waals surface area contributed by atoms with Crippen molar-refractivity contribution in [3.05, 3.63) is 60.4 Å². The molecule has 0 atom stereocenters. The van der Waals surface area contributed by atoms with Gasteiger partial charge in [0.1, 0.15) is 11.5 Å². The first-order valence-electron chi connectivity index (χ1n) is 6.61. The molecule has 0 aliphatic heterocycles. The minimum absolute atomic E-state index is 0.631. The maximum absolute atomic E-state index is 5.92. The molecule has 0 saturated carbocycles. The minimum Gasteiger partial charge on any atom is -0.497 e. The molecule has 0 aliphatic carbocycles. The Hall–Kier alpha value is -2.75. The molecule has 21 heavy (non-hydrogen) atoms. The van der Waals surface area contributed by atoms with E-state index in [1.54, 1.807) is 7.11 Å². The van der Waals surface area contributed by atoms with Crippen LogP contribution in [0.3, 0.4) is 0 Å². The maximum Gasteiger partial charge on any atom is 0.197 e. The number of hydrogen-bond acceptors (Lipinski definition) is 4. The molecule has 1 aromatic heterocycles. The lowest BCUT2D eigenvalue weighted by atomic mass is 10.1. The van der Waals surface area contributed by atoms with Gasteiger partial charge in [-0.05, 0) is 24.3 Å². The summed E-state index contributed by atoms with van der Waals surface area (Å²) < 4.78 is 16.3. The van der Waals surface area contributed by atoms with E-state index >= 15 is 0 Å². The van der Waals surface area contributed by atoms with Gasteiger partial charge in [0, 0.05) is 12.5 Å². The molecule has 0 bridgehead atoms. The van der Waals surface area contributed by atoms with E-state index in [-0.39, 0.29) is 0 Å². The number of benzene rings is 2. The first-order chi connectivity index (χ1) is 10.3. The molecule has 0 radical (unpaired) electrons. The number of aryl methyl sites for hydroxylation is 1. The fourth-order valence-electron chi connectivity index (χ4n) is 2.03. The van der Waals surface area contributed by atoms with E-state index < -0.39 is 0 Å². The van der Waals surface area contributed by atoms with Crippen molar-refractivity contribution in [3.8, 4) is 28.5 Å². The van der Waals surface area contributed by atoms with Crippen LogP contribution in [0.1, 0.15) is 5.76 Å². The van der Waals surface area contributed by atoms with E-state index in [2.05, 4.69) is 5.16 Å². The van der Waals surface area contributed by atoms with Crippen LogP contribution in [0.15, 0.2) is 59.1 Å². The van der Waals surface area contributed by atoms with E-state index in [0.717, 1.165) is 11.3 Å². The Labute approximate surface area is 122 Å². The number of aromatic nitrogens is 1. The predicted octanol–water partition coefficient (Wildman–Crippen LogP) is 4.45. The Morgan fingerprint density at radius 2 is 1.57 bits per heavy atom. The van der Waals surface area contributed by atoms with Crippen LogP contribution >= 0.6 is 0 Å². The molecule has 106 valence electrons. The van der Waals surface area contributed by atoms with Crippen LogP contribution < -0.4 is 9.47 Å². The quantitative estimate of drug-likeness (QED) is 0.708. The molecule has 2 aromatic carbocycles. The third-order valence-electron chi connectivity index (χ3n) is 3.14. The molecule has 0 fully saturated rings. The van der Waals surface area contributed by atoms with Crippen molar-refractivity contribution in [1.82, 2.24) is 5.16 Å². The maximum atomic E-state index is 5.92. The van der Waals surface area contributed by atoms with Gasteiger partial charge in [-0.15, -0.1) is 0 Å². The molecule has 0 spiro atoms. The largest absolute Gasteiger partial charge is 0.497 e. The minimum atomic E-state index is 0.631. The summed E-state index contributed by atoms with van der Waals surface area (Å²) in [5.74, 6) is 2.77. The molecule has 4 heteroatoms. The highest BCUT2D eigenvalue weighted by atomic mass is 16.5. The highest BCUT2D eigenvalue weighted by molar-refractivity contribution is 5.67. The van der Waals surface area contributed by atoms with Crippen LogP contribution in [0.5, 0.6) is 17.2 Å². The zero-order valence-electron chi connectivity index (χ0n) is 11.9. The van der Waals surface area contributed by atoms with Gasteiger partial charge in [0.2, 0.25) is 0 Å². The summed E-state index contributed by atoms with van der Waals surface area (Å²) in [5.41, 5.74) is 1.65. The molecule has 1 heterocycles. The van der Waals surface area contributed by atoms with Gasteiger partial charge < -0.3 is 14.0 Å². The topological polar surface area (TPSA) is 44.5 Å². The van der Waals surface area contributed by atoms with Gasteiger partial charge in [0.15, 0.2) is 17.2 Å². The van der Waals surface area contributed by atoms with E-state index in [1.165, 1.54) is 0 Å². The highest BCUT2D eigenvalue weighted by Gasteiger charge is 2.16. The fourth-order valence-corrected chi connectivity index (χ4v) is 2.03. The SMILES string of the molecule is COc1ccc(Oc2c(-c3ccccc3)noc2C)cc1. The first-order valence-corrected chi connectivity index (χ1v) is 6.61. The molecule has 0 N–H and O–H groups in total. The van der Waals surface area contributed by atoms with Crippen molar-refractivity contribution < 1.29 is 14.0 Å². The summed E-state index contributed by atoms with van der Waals surface area (Å²) in [6.45, 7) is 1.83. The molecular formula is C17H15NO3. The van der Waals surface area contributed by atoms with Gasteiger partial charge in [-0.2, -0.15) is 0 Å². The second kappa shape index (κ2) is 5.71. The van der Waals surface area contributed by atoms with Crippen molar-refractivity contribution in [1.29, 1.82) is 0 Å². The van der Waals surface area contributed by atoms with Gasteiger partial charge in [-0.25, -0.2) is 0 Å².